The van der Waals surface area contributed by atoms with Gasteiger partial charge in [-0.15, -0.1) is 0 Å². The van der Waals surface area contributed by atoms with Gasteiger partial charge in [-0.3, -0.25) is 9.59 Å². The second kappa shape index (κ2) is 14.7. The average molecular weight is 524 g/mol. The standard InChI is InChI=1S/C27H41NO9/c1-7-32-22-10-8-9-11-23(22)34-16-20-14-19(12-13-33-20)24(29)35-17-36-25(30)21(18(2)3)15-28-26(31)37-27(4,5)6/h8-11,18-21H,7,12-17H2,1-6H3,(H,28,31)/t19?,20?,21-/m0/s1. The van der Waals surface area contributed by atoms with Gasteiger partial charge in [-0.1, -0.05) is 26.0 Å². The van der Waals surface area contributed by atoms with E-state index >= 15 is 0 Å². The number of carbonyl (C=O) groups excluding carboxylic acids is 3. The maximum atomic E-state index is 12.6. The minimum Gasteiger partial charge on any atom is -0.490 e. The summed E-state index contributed by atoms with van der Waals surface area (Å²) in [4.78, 5) is 37.0. The molecule has 208 valence electrons. The summed E-state index contributed by atoms with van der Waals surface area (Å²) in [6.45, 7) is 11.6. The minimum atomic E-state index is -0.643. The fraction of sp³-hybridized carbons (Fsp3) is 0.667. The molecule has 3 atom stereocenters. The molecule has 0 radical (unpaired) electrons. The van der Waals surface area contributed by atoms with E-state index in [0.717, 1.165) is 0 Å². The molecule has 10 heteroatoms. The third-order valence-corrected chi connectivity index (χ3v) is 5.65. The fourth-order valence-corrected chi connectivity index (χ4v) is 3.71. The lowest BCUT2D eigenvalue weighted by Crippen LogP contribution is -2.39. The number of para-hydroxylation sites is 2. The smallest absolute Gasteiger partial charge is 0.407 e. The SMILES string of the molecule is CCOc1ccccc1OCC1CC(C(=O)OCOC(=O)[C@@H](CNC(=O)OC(C)(C)C)C(C)C)CCO1. The van der Waals surface area contributed by atoms with E-state index in [0.29, 0.717) is 37.6 Å². The van der Waals surface area contributed by atoms with Crippen molar-refractivity contribution < 1.29 is 42.8 Å². The van der Waals surface area contributed by atoms with Gasteiger partial charge in [0.05, 0.1) is 24.5 Å². The van der Waals surface area contributed by atoms with Crippen molar-refractivity contribution >= 4 is 18.0 Å². The predicted molar refractivity (Wildman–Crippen MR) is 135 cm³/mol. The van der Waals surface area contributed by atoms with E-state index in [2.05, 4.69) is 5.32 Å². The van der Waals surface area contributed by atoms with Crippen molar-refractivity contribution in [1.29, 1.82) is 0 Å². The molecule has 1 N–H and O–H groups in total. The molecule has 2 rings (SSSR count). The zero-order valence-electron chi connectivity index (χ0n) is 22.7. The number of nitrogens with one attached hydrogen (secondary N) is 1. The Balaban J connectivity index is 1.77. The number of esters is 2. The lowest BCUT2D eigenvalue weighted by Gasteiger charge is -2.28. The van der Waals surface area contributed by atoms with Crippen LogP contribution >= 0.6 is 0 Å². The summed E-state index contributed by atoms with van der Waals surface area (Å²) < 4.78 is 32.8. The third-order valence-electron chi connectivity index (χ3n) is 5.65. The lowest BCUT2D eigenvalue weighted by molar-refractivity contribution is -0.176. The van der Waals surface area contributed by atoms with Crippen LogP contribution in [-0.4, -0.2) is 62.9 Å². The van der Waals surface area contributed by atoms with Crippen molar-refractivity contribution in [3.8, 4) is 11.5 Å². The maximum Gasteiger partial charge on any atom is 0.407 e. The summed E-state index contributed by atoms with van der Waals surface area (Å²) in [6.07, 6.45) is 0.0372. The van der Waals surface area contributed by atoms with E-state index in [-0.39, 0.29) is 25.2 Å². The predicted octanol–water partition coefficient (Wildman–Crippen LogP) is 4.10. The van der Waals surface area contributed by atoms with Gasteiger partial charge in [-0.05, 0) is 58.6 Å². The highest BCUT2D eigenvalue weighted by atomic mass is 16.7. The van der Waals surface area contributed by atoms with E-state index in [1.807, 2.05) is 45.0 Å². The molecule has 1 saturated heterocycles. The van der Waals surface area contributed by atoms with E-state index in [1.54, 1.807) is 20.8 Å². The monoisotopic (exact) mass is 523 g/mol. The highest BCUT2D eigenvalue weighted by molar-refractivity contribution is 5.75. The number of rotatable bonds is 12. The van der Waals surface area contributed by atoms with E-state index < -0.39 is 42.3 Å². The van der Waals surface area contributed by atoms with Crippen LogP contribution in [-0.2, 0) is 28.5 Å². The summed E-state index contributed by atoms with van der Waals surface area (Å²) in [5.41, 5.74) is -0.643. The van der Waals surface area contributed by atoms with Gasteiger partial charge in [0, 0.05) is 13.2 Å². The lowest BCUT2D eigenvalue weighted by atomic mass is 9.96. The Bertz CT molecular complexity index is 881. The van der Waals surface area contributed by atoms with E-state index in [9.17, 15) is 14.4 Å². The van der Waals surface area contributed by atoms with Gasteiger partial charge in [0.2, 0.25) is 6.79 Å². The van der Waals surface area contributed by atoms with Gasteiger partial charge in [0.15, 0.2) is 11.5 Å². The molecular formula is C27H41NO9. The molecule has 37 heavy (non-hydrogen) atoms. The summed E-state index contributed by atoms with van der Waals surface area (Å²) in [6, 6.07) is 7.38. The topological polar surface area (TPSA) is 119 Å². The molecule has 1 aliphatic rings. The molecule has 1 aromatic carbocycles. The Hall–Kier alpha value is -3.01. The normalized spacial score (nSPS) is 18.5. The zero-order chi connectivity index (χ0) is 27.4. The number of hydrogen-bond acceptors (Lipinski definition) is 9. The molecule has 2 unspecified atom stereocenters. The summed E-state index contributed by atoms with van der Waals surface area (Å²) in [7, 11) is 0. The van der Waals surface area contributed by atoms with E-state index in [1.165, 1.54) is 0 Å². The molecule has 1 aliphatic heterocycles. The van der Waals surface area contributed by atoms with Gasteiger partial charge in [-0.25, -0.2) is 4.79 Å². The first-order valence-corrected chi connectivity index (χ1v) is 12.8. The molecular weight excluding hydrogens is 482 g/mol. The maximum absolute atomic E-state index is 12.6. The number of hydrogen-bond donors (Lipinski definition) is 1. The van der Waals surface area contributed by atoms with Crippen LogP contribution < -0.4 is 14.8 Å². The van der Waals surface area contributed by atoms with Gasteiger partial charge in [0.1, 0.15) is 12.2 Å². The van der Waals surface area contributed by atoms with Gasteiger partial charge in [-0.2, -0.15) is 0 Å². The number of ether oxygens (including phenoxy) is 6. The van der Waals surface area contributed by atoms with Crippen LogP contribution in [0.3, 0.4) is 0 Å². The Morgan fingerprint density at radius 2 is 1.76 bits per heavy atom. The summed E-state index contributed by atoms with van der Waals surface area (Å²) in [5.74, 6) is -0.866. The Morgan fingerprint density at radius 1 is 1.08 bits per heavy atom. The van der Waals surface area contributed by atoms with Crippen molar-refractivity contribution in [3.63, 3.8) is 0 Å². The highest BCUT2D eigenvalue weighted by Crippen LogP contribution is 2.28. The second-order valence-corrected chi connectivity index (χ2v) is 10.2. The van der Waals surface area contributed by atoms with Crippen LogP contribution in [0.2, 0.25) is 0 Å². The third kappa shape index (κ3) is 10.9. The Kier molecular flexibility index (Phi) is 12.0. The molecule has 1 aromatic rings. The molecule has 0 saturated carbocycles. The summed E-state index contributed by atoms with van der Waals surface area (Å²) in [5, 5.41) is 2.59. The highest BCUT2D eigenvalue weighted by Gasteiger charge is 2.31. The first-order valence-electron chi connectivity index (χ1n) is 12.8. The minimum absolute atomic E-state index is 0.0490. The van der Waals surface area contributed by atoms with E-state index in [4.69, 9.17) is 28.4 Å². The summed E-state index contributed by atoms with van der Waals surface area (Å²) >= 11 is 0. The van der Waals surface area contributed by atoms with Crippen molar-refractivity contribution in [2.45, 2.75) is 66.1 Å². The fourth-order valence-electron chi connectivity index (χ4n) is 3.71. The number of benzene rings is 1. The average Bonchev–Trinajstić information content (AvgIpc) is 2.82. The van der Waals surface area contributed by atoms with Crippen LogP contribution in [0.5, 0.6) is 11.5 Å². The molecule has 0 aromatic heterocycles. The van der Waals surface area contributed by atoms with Crippen molar-refractivity contribution in [2.24, 2.45) is 17.8 Å². The molecule has 1 heterocycles. The van der Waals surface area contributed by atoms with Crippen LogP contribution in [0, 0.1) is 17.8 Å². The molecule has 1 amide bonds. The first kappa shape index (κ1) is 30.2. The first-order chi connectivity index (χ1) is 17.5. The number of alkyl carbamates (subject to hydrolysis) is 1. The molecule has 0 aliphatic carbocycles. The molecule has 1 fully saturated rings. The van der Waals surface area contributed by atoms with Crippen molar-refractivity contribution in [1.82, 2.24) is 5.32 Å². The van der Waals surface area contributed by atoms with Crippen LogP contribution in [0.4, 0.5) is 4.79 Å². The van der Waals surface area contributed by atoms with Gasteiger partial charge < -0.3 is 33.7 Å². The van der Waals surface area contributed by atoms with Crippen molar-refractivity contribution in [2.75, 3.05) is 33.2 Å². The molecule has 10 nitrogen and oxygen atoms in total. The molecule has 0 bridgehead atoms. The van der Waals surface area contributed by atoms with Gasteiger partial charge in [0.25, 0.3) is 0 Å². The second-order valence-electron chi connectivity index (χ2n) is 10.2. The van der Waals surface area contributed by atoms with Crippen LogP contribution in [0.15, 0.2) is 24.3 Å². The van der Waals surface area contributed by atoms with Gasteiger partial charge >= 0.3 is 18.0 Å². The van der Waals surface area contributed by atoms with Crippen LogP contribution in [0.1, 0.15) is 54.4 Å². The Labute approximate surface area is 219 Å². The van der Waals surface area contributed by atoms with Crippen LogP contribution in [0.25, 0.3) is 0 Å². The number of amides is 1. The number of carbonyl (C=O) groups is 3. The largest absolute Gasteiger partial charge is 0.490 e. The molecule has 0 spiro atoms. The van der Waals surface area contributed by atoms with Crippen molar-refractivity contribution in [3.05, 3.63) is 24.3 Å². The Morgan fingerprint density at radius 3 is 2.38 bits per heavy atom. The zero-order valence-corrected chi connectivity index (χ0v) is 22.7. The quantitative estimate of drug-likeness (QED) is 0.319.